The molecule has 0 N–H and O–H groups in total. The van der Waals surface area contributed by atoms with Crippen LogP contribution in [0.3, 0.4) is 0 Å². The van der Waals surface area contributed by atoms with Gasteiger partial charge in [0.1, 0.15) is 12.4 Å². The van der Waals surface area contributed by atoms with Crippen molar-refractivity contribution in [3.8, 4) is 11.8 Å². The third kappa shape index (κ3) is 7.12. The molecule has 0 aliphatic heterocycles. The average Bonchev–Trinajstić information content (AvgIpc) is 2.83. The number of hydrogen-bond donors (Lipinski definition) is 0. The van der Waals surface area contributed by atoms with E-state index < -0.39 is 20.0 Å². The first kappa shape index (κ1) is 27.8. The molecule has 194 valence electrons. The van der Waals surface area contributed by atoms with E-state index in [2.05, 4.69) is 12.6 Å². The van der Waals surface area contributed by atoms with Crippen LogP contribution in [0.25, 0.3) is 0 Å². The largest absolute Gasteiger partial charge is 0.490 e. The number of rotatable bonds is 11. The Morgan fingerprint density at radius 2 is 1.38 bits per heavy atom. The van der Waals surface area contributed by atoms with Crippen molar-refractivity contribution >= 4 is 31.4 Å². The monoisotopic (exact) mass is 539 g/mol. The maximum atomic E-state index is 12.5. The summed E-state index contributed by atoms with van der Waals surface area (Å²) in [5.74, 6) is 0.706. The van der Waals surface area contributed by atoms with E-state index in [0.717, 1.165) is 23.6 Å². The third-order valence-corrected chi connectivity index (χ3v) is 8.76. The molecule has 0 radical (unpaired) electrons. The summed E-state index contributed by atoms with van der Waals surface area (Å²) in [7, 11) is -8.21. The van der Waals surface area contributed by atoms with Gasteiger partial charge in [-0.25, -0.2) is 16.8 Å². The van der Waals surface area contributed by atoms with Crippen LogP contribution in [0, 0.1) is 18.3 Å². The predicted molar refractivity (Wildman–Crippen MR) is 147 cm³/mol. The summed E-state index contributed by atoms with van der Waals surface area (Å²) in [4.78, 5) is 2.03. The van der Waals surface area contributed by atoms with Crippen LogP contribution < -0.4 is 13.3 Å². The fraction of sp³-hybridized carbons (Fsp3) is 0.222. The van der Waals surface area contributed by atoms with Crippen molar-refractivity contribution in [2.24, 2.45) is 0 Å². The number of sulfonamides is 2. The zero-order valence-corrected chi connectivity index (χ0v) is 22.6. The Kier molecular flexibility index (Phi) is 8.63. The molecule has 0 spiro atoms. The second-order valence-electron chi connectivity index (χ2n) is 8.55. The Labute approximate surface area is 219 Å². The summed E-state index contributed by atoms with van der Waals surface area (Å²) >= 11 is 0. The minimum Gasteiger partial charge on any atom is -0.490 e. The molecular weight excluding hydrogens is 510 g/mol. The highest BCUT2D eigenvalue weighted by molar-refractivity contribution is 8.09. The molecule has 3 aromatic rings. The summed E-state index contributed by atoms with van der Waals surface area (Å²) in [6.45, 7) is 6.62. The van der Waals surface area contributed by atoms with E-state index in [1.165, 1.54) is 6.07 Å². The van der Waals surface area contributed by atoms with Gasteiger partial charge in [-0.3, -0.25) is 0 Å². The van der Waals surface area contributed by atoms with Crippen molar-refractivity contribution in [3.05, 3.63) is 102 Å². The van der Waals surface area contributed by atoms with Crippen LogP contribution in [-0.4, -0.2) is 36.0 Å². The molecule has 0 saturated heterocycles. The first-order valence-corrected chi connectivity index (χ1v) is 15.0. The van der Waals surface area contributed by atoms with Crippen LogP contribution >= 0.6 is 0 Å². The molecule has 0 saturated carbocycles. The van der Waals surface area contributed by atoms with Gasteiger partial charge in [0.2, 0.25) is 20.0 Å². The molecule has 37 heavy (non-hydrogen) atoms. The smallest absolute Gasteiger partial charge is 0.245 e. The maximum Gasteiger partial charge on any atom is 0.245 e. The van der Waals surface area contributed by atoms with Gasteiger partial charge in [-0.2, -0.15) is 8.97 Å². The molecular formula is C27H29N3O5S2. The van der Waals surface area contributed by atoms with Gasteiger partial charge < -0.3 is 9.64 Å². The lowest BCUT2D eigenvalue weighted by atomic mass is 10.1. The summed E-state index contributed by atoms with van der Waals surface area (Å²) in [5, 5.41) is 9.13. The lowest BCUT2D eigenvalue weighted by molar-refractivity contribution is 0.363. The van der Waals surface area contributed by atoms with E-state index in [0.29, 0.717) is 46.0 Å². The summed E-state index contributed by atoms with van der Waals surface area (Å²) < 4.78 is 55.8. The highest BCUT2D eigenvalue weighted by Crippen LogP contribution is 2.34. The van der Waals surface area contributed by atoms with Crippen molar-refractivity contribution < 1.29 is 21.6 Å². The highest BCUT2D eigenvalue weighted by Gasteiger charge is 2.29. The molecule has 3 rings (SSSR count). The van der Waals surface area contributed by atoms with Crippen LogP contribution in [0.15, 0.2) is 79.4 Å². The fourth-order valence-corrected chi connectivity index (χ4v) is 7.03. The number of ether oxygens (including phenoxy) is 1. The average molecular weight is 540 g/mol. The van der Waals surface area contributed by atoms with Crippen molar-refractivity contribution in [2.75, 3.05) is 27.7 Å². The number of nitrogens with zero attached hydrogens (tertiary/aromatic N) is 3. The Hall–Kier alpha value is -3.81. The molecule has 8 nitrogen and oxygen atoms in total. The molecule has 0 aliphatic rings. The molecule has 0 heterocycles. The Morgan fingerprint density at radius 3 is 1.86 bits per heavy atom. The van der Waals surface area contributed by atoms with Gasteiger partial charge in [0.25, 0.3) is 0 Å². The predicted octanol–water partition coefficient (Wildman–Crippen LogP) is 4.36. The SMILES string of the molecule is C=CCOc1ccc(CN(Cc2ccc(C#N)cc2)c2cccc(N(S(C)(=O)=O)S(C)(=O)=O)c2C)cc1. The van der Waals surface area contributed by atoms with Crippen LogP contribution in [0.2, 0.25) is 0 Å². The van der Waals surface area contributed by atoms with Crippen LogP contribution in [0.4, 0.5) is 11.4 Å². The van der Waals surface area contributed by atoms with E-state index in [1.54, 1.807) is 31.2 Å². The van der Waals surface area contributed by atoms with E-state index >= 15 is 0 Å². The summed E-state index contributed by atoms with van der Waals surface area (Å²) in [6.07, 6.45) is 3.40. The van der Waals surface area contributed by atoms with E-state index in [-0.39, 0.29) is 5.69 Å². The quantitative estimate of drug-likeness (QED) is 0.333. The van der Waals surface area contributed by atoms with Crippen molar-refractivity contribution in [1.29, 1.82) is 5.26 Å². The molecule has 0 bridgehead atoms. The first-order valence-electron chi connectivity index (χ1n) is 11.3. The molecule has 10 heteroatoms. The van der Waals surface area contributed by atoms with Gasteiger partial charge >= 0.3 is 0 Å². The van der Waals surface area contributed by atoms with Gasteiger partial charge in [0.15, 0.2) is 0 Å². The zero-order valence-electron chi connectivity index (χ0n) is 21.0. The minimum atomic E-state index is -4.10. The second-order valence-corrected chi connectivity index (χ2v) is 12.4. The highest BCUT2D eigenvalue weighted by atomic mass is 32.3. The topological polar surface area (TPSA) is 108 Å². The van der Waals surface area contributed by atoms with Crippen LogP contribution in [0.5, 0.6) is 5.75 Å². The van der Waals surface area contributed by atoms with Crippen LogP contribution in [-0.2, 0) is 33.1 Å². The second kappa shape index (κ2) is 11.5. The van der Waals surface area contributed by atoms with Gasteiger partial charge in [-0.1, -0.05) is 43.0 Å². The molecule has 0 aromatic heterocycles. The Bertz CT molecular complexity index is 1480. The normalized spacial score (nSPS) is 11.4. The van der Waals surface area contributed by atoms with Crippen LogP contribution in [0.1, 0.15) is 22.3 Å². The first-order chi connectivity index (χ1) is 17.4. The fourth-order valence-electron chi connectivity index (χ4n) is 3.95. The summed E-state index contributed by atoms with van der Waals surface area (Å²) in [6, 6.07) is 21.8. The molecule has 0 unspecified atom stereocenters. The Morgan fingerprint density at radius 1 is 0.865 bits per heavy atom. The lowest BCUT2D eigenvalue weighted by Gasteiger charge is -2.30. The molecule has 0 amide bonds. The number of nitriles is 1. The number of hydrogen-bond acceptors (Lipinski definition) is 7. The van der Waals surface area contributed by atoms with Crippen molar-refractivity contribution in [2.45, 2.75) is 20.0 Å². The van der Waals surface area contributed by atoms with E-state index in [1.807, 2.05) is 47.4 Å². The van der Waals surface area contributed by atoms with Gasteiger partial charge in [-0.05, 0) is 60.0 Å². The van der Waals surface area contributed by atoms with Crippen molar-refractivity contribution in [1.82, 2.24) is 0 Å². The van der Waals surface area contributed by atoms with Gasteiger partial charge in [0.05, 0.1) is 29.8 Å². The molecule has 0 atom stereocenters. The summed E-state index contributed by atoms with van der Waals surface area (Å²) in [5.41, 5.74) is 3.68. The minimum absolute atomic E-state index is 0.0699. The lowest BCUT2D eigenvalue weighted by Crippen LogP contribution is -2.36. The number of anilines is 2. The third-order valence-electron chi connectivity index (χ3n) is 5.54. The number of benzene rings is 3. The zero-order chi connectivity index (χ0) is 27.2. The standard InChI is InChI=1S/C27H29N3O5S2/c1-5-17-35-25-15-13-24(14-16-25)20-29(19-23-11-9-22(18-28)10-12-23)26-7-6-8-27(21(26)2)30(36(3,31)32)37(4,33)34/h5-16H,1,17,19-20H2,2-4H3. The van der Waals surface area contributed by atoms with Crippen molar-refractivity contribution in [3.63, 3.8) is 0 Å². The molecule has 0 aliphatic carbocycles. The van der Waals surface area contributed by atoms with E-state index in [4.69, 9.17) is 10.00 Å². The molecule has 0 fully saturated rings. The van der Waals surface area contributed by atoms with Gasteiger partial charge in [0, 0.05) is 18.8 Å². The van der Waals surface area contributed by atoms with E-state index in [9.17, 15) is 16.8 Å². The Balaban J connectivity index is 2.07. The molecule has 3 aromatic carbocycles. The van der Waals surface area contributed by atoms with Gasteiger partial charge in [-0.15, -0.1) is 0 Å². The maximum absolute atomic E-state index is 12.5.